The van der Waals surface area contributed by atoms with Gasteiger partial charge in [0.15, 0.2) is 0 Å². The fourth-order valence-corrected chi connectivity index (χ4v) is 2.65. The lowest BCUT2D eigenvalue weighted by Gasteiger charge is -2.08. The number of hydrogen-bond acceptors (Lipinski definition) is 3. The van der Waals surface area contributed by atoms with Crippen LogP contribution in [0.25, 0.3) is 0 Å². The molecule has 1 heterocycles. The van der Waals surface area contributed by atoms with Crippen LogP contribution in [0, 0.1) is 0 Å². The summed E-state index contributed by atoms with van der Waals surface area (Å²) in [5.74, 6) is -0.819. The second kappa shape index (κ2) is 7.99. The van der Waals surface area contributed by atoms with Crippen LogP contribution in [-0.4, -0.2) is 16.8 Å². The molecule has 0 atom stereocenters. The largest absolute Gasteiger partial charge is 0.322 e. The van der Waals surface area contributed by atoms with Gasteiger partial charge in [0.05, 0.1) is 10.7 Å². The Morgan fingerprint density at radius 3 is 2.35 bits per heavy atom. The zero-order chi connectivity index (χ0) is 18.5. The molecular formula is C19H13Cl2N3O2. The maximum atomic E-state index is 12.4. The van der Waals surface area contributed by atoms with Crippen LogP contribution in [-0.2, 0) is 0 Å². The molecule has 2 aromatic carbocycles. The van der Waals surface area contributed by atoms with Gasteiger partial charge < -0.3 is 10.6 Å². The average Bonchev–Trinajstić information content (AvgIpc) is 2.65. The molecule has 3 aromatic rings. The molecule has 0 radical (unpaired) electrons. The number of nitrogens with zero attached hydrogens (tertiary/aromatic N) is 1. The first-order valence-electron chi connectivity index (χ1n) is 7.62. The first-order chi connectivity index (χ1) is 12.5. The van der Waals surface area contributed by atoms with Crippen LogP contribution in [0.15, 0.2) is 66.9 Å². The van der Waals surface area contributed by atoms with Crippen molar-refractivity contribution in [3.63, 3.8) is 0 Å². The van der Waals surface area contributed by atoms with Crippen LogP contribution >= 0.6 is 23.2 Å². The van der Waals surface area contributed by atoms with Crippen LogP contribution in [0.1, 0.15) is 20.8 Å². The summed E-state index contributed by atoms with van der Waals surface area (Å²) in [6.45, 7) is 0. The van der Waals surface area contributed by atoms with Crippen molar-refractivity contribution in [1.29, 1.82) is 0 Å². The number of para-hydroxylation sites is 1. The molecule has 0 unspecified atom stereocenters. The topological polar surface area (TPSA) is 71.1 Å². The number of aromatic nitrogens is 1. The first kappa shape index (κ1) is 17.9. The number of amides is 2. The van der Waals surface area contributed by atoms with Crippen molar-refractivity contribution in [3.8, 4) is 0 Å². The van der Waals surface area contributed by atoms with Gasteiger partial charge in [-0.15, -0.1) is 0 Å². The minimum absolute atomic E-state index is 0.0942. The normalized spacial score (nSPS) is 10.2. The van der Waals surface area contributed by atoms with Gasteiger partial charge in [-0.1, -0.05) is 41.4 Å². The molecule has 0 aliphatic carbocycles. The number of benzene rings is 2. The van der Waals surface area contributed by atoms with E-state index in [1.165, 1.54) is 24.4 Å². The van der Waals surface area contributed by atoms with Crippen LogP contribution in [0.3, 0.4) is 0 Å². The van der Waals surface area contributed by atoms with E-state index < -0.39 is 5.91 Å². The van der Waals surface area contributed by atoms with Crippen LogP contribution in [0.5, 0.6) is 0 Å². The van der Waals surface area contributed by atoms with Crippen molar-refractivity contribution < 1.29 is 9.59 Å². The van der Waals surface area contributed by atoms with E-state index >= 15 is 0 Å². The second-order valence-electron chi connectivity index (χ2n) is 5.33. The van der Waals surface area contributed by atoms with Crippen molar-refractivity contribution >= 4 is 46.4 Å². The summed E-state index contributed by atoms with van der Waals surface area (Å²) in [6, 6.07) is 16.7. The highest BCUT2D eigenvalue weighted by Gasteiger charge is 2.13. The Balaban J connectivity index is 1.76. The van der Waals surface area contributed by atoms with E-state index in [1.807, 2.05) is 18.2 Å². The van der Waals surface area contributed by atoms with E-state index in [1.54, 1.807) is 24.3 Å². The third-order valence-corrected chi connectivity index (χ3v) is 4.01. The number of anilines is 2. The lowest BCUT2D eigenvalue weighted by molar-refractivity contribution is 0.102. The Kier molecular flexibility index (Phi) is 5.51. The maximum absolute atomic E-state index is 12.4. The molecule has 0 spiro atoms. The van der Waals surface area contributed by atoms with Crippen LogP contribution in [0.2, 0.25) is 10.0 Å². The van der Waals surface area contributed by atoms with Gasteiger partial charge in [0.25, 0.3) is 11.8 Å². The molecule has 0 aliphatic rings. The van der Waals surface area contributed by atoms with Gasteiger partial charge in [-0.05, 0) is 42.5 Å². The summed E-state index contributed by atoms with van der Waals surface area (Å²) in [5.41, 5.74) is 1.48. The predicted molar refractivity (Wildman–Crippen MR) is 103 cm³/mol. The number of halogens is 2. The van der Waals surface area contributed by atoms with Gasteiger partial charge in [-0.25, -0.2) is 0 Å². The van der Waals surface area contributed by atoms with Crippen molar-refractivity contribution in [2.45, 2.75) is 0 Å². The second-order valence-corrected chi connectivity index (χ2v) is 6.17. The minimum Gasteiger partial charge on any atom is -0.322 e. The Bertz CT molecular complexity index is 962. The van der Waals surface area contributed by atoms with Crippen molar-refractivity contribution in [1.82, 2.24) is 4.98 Å². The monoisotopic (exact) mass is 385 g/mol. The maximum Gasteiger partial charge on any atom is 0.274 e. The predicted octanol–water partition coefficient (Wildman–Crippen LogP) is 4.89. The highest BCUT2D eigenvalue weighted by Crippen LogP contribution is 2.25. The summed E-state index contributed by atoms with van der Waals surface area (Å²) in [7, 11) is 0. The summed E-state index contributed by atoms with van der Waals surface area (Å²) in [6.07, 6.45) is 1.40. The molecule has 0 aliphatic heterocycles. The molecule has 0 bridgehead atoms. The van der Waals surface area contributed by atoms with Gasteiger partial charge in [0, 0.05) is 22.5 Å². The Morgan fingerprint density at radius 1 is 0.846 bits per heavy atom. The van der Waals surface area contributed by atoms with Crippen molar-refractivity contribution in [2.75, 3.05) is 10.6 Å². The number of hydrogen-bond donors (Lipinski definition) is 2. The number of carbonyl (C=O) groups excluding carboxylic acids is 2. The van der Waals surface area contributed by atoms with Crippen molar-refractivity contribution in [3.05, 3.63) is 88.2 Å². The molecule has 5 nitrogen and oxygen atoms in total. The quantitative estimate of drug-likeness (QED) is 0.671. The highest BCUT2D eigenvalue weighted by atomic mass is 35.5. The molecule has 26 heavy (non-hydrogen) atoms. The molecule has 1 aromatic heterocycles. The van der Waals surface area contributed by atoms with E-state index in [4.69, 9.17) is 23.2 Å². The van der Waals surface area contributed by atoms with Gasteiger partial charge in [0.2, 0.25) is 0 Å². The highest BCUT2D eigenvalue weighted by molar-refractivity contribution is 6.36. The third-order valence-electron chi connectivity index (χ3n) is 3.47. The molecule has 0 saturated heterocycles. The fourth-order valence-electron chi connectivity index (χ4n) is 2.20. The molecule has 2 amide bonds. The molecule has 7 heteroatoms. The molecule has 2 N–H and O–H groups in total. The van der Waals surface area contributed by atoms with Gasteiger partial charge in [0.1, 0.15) is 5.69 Å². The average molecular weight is 386 g/mol. The van der Waals surface area contributed by atoms with Gasteiger partial charge in [-0.3, -0.25) is 14.6 Å². The zero-order valence-corrected chi connectivity index (χ0v) is 14.9. The van der Waals surface area contributed by atoms with Gasteiger partial charge in [-0.2, -0.15) is 0 Å². The summed E-state index contributed by atoms with van der Waals surface area (Å²) < 4.78 is 0. The third kappa shape index (κ3) is 4.39. The Labute approximate surface area is 160 Å². The number of rotatable bonds is 4. The smallest absolute Gasteiger partial charge is 0.274 e. The molecule has 0 fully saturated rings. The standard InChI is InChI=1S/C19H13Cl2N3O2/c20-13-6-7-16(15(21)11-13)24-19(26)17-10-12(8-9-22-17)18(25)23-14-4-2-1-3-5-14/h1-11H,(H,23,25)(H,24,26). The number of carbonyl (C=O) groups is 2. The number of nitrogens with one attached hydrogen (secondary N) is 2. The summed E-state index contributed by atoms with van der Waals surface area (Å²) >= 11 is 11.9. The van der Waals surface area contributed by atoms with E-state index in [2.05, 4.69) is 15.6 Å². The Morgan fingerprint density at radius 2 is 1.62 bits per heavy atom. The van der Waals surface area contributed by atoms with E-state index in [0.29, 0.717) is 27.0 Å². The summed E-state index contributed by atoms with van der Waals surface area (Å²) in [4.78, 5) is 28.7. The van der Waals surface area contributed by atoms with Crippen LogP contribution in [0.4, 0.5) is 11.4 Å². The molecule has 130 valence electrons. The van der Waals surface area contributed by atoms with Crippen LogP contribution < -0.4 is 10.6 Å². The molecule has 3 rings (SSSR count). The zero-order valence-electron chi connectivity index (χ0n) is 13.4. The number of pyridine rings is 1. The Hall–Kier alpha value is -2.89. The fraction of sp³-hybridized carbons (Fsp3) is 0. The SMILES string of the molecule is O=C(Nc1ccccc1)c1ccnc(C(=O)Nc2ccc(Cl)cc2Cl)c1. The minimum atomic E-state index is -0.483. The van der Waals surface area contributed by atoms with E-state index in [0.717, 1.165) is 0 Å². The van der Waals surface area contributed by atoms with E-state index in [9.17, 15) is 9.59 Å². The van der Waals surface area contributed by atoms with E-state index in [-0.39, 0.29) is 11.6 Å². The van der Waals surface area contributed by atoms with Crippen molar-refractivity contribution in [2.24, 2.45) is 0 Å². The lowest BCUT2D eigenvalue weighted by atomic mass is 10.2. The first-order valence-corrected chi connectivity index (χ1v) is 8.37. The van der Waals surface area contributed by atoms with Gasteiger partial charge >= 0.3 is 0 Å². The lowest BCUT2D eigenvalue weighted by Crippen LogP contribution is -2.17. The molecule has 0 saturated carbocycles. The molecular weight excluding hydrogens is 373 g/mol. The summed E-state index contributed by atoms with van der Waals surface area (Å²) in [5, 5.41) is 6.17.